The summed E-state index contributed by atoms with van der Waals surface area (Å²) in [7, 11) is 0. The molecule has 0 aliphatic heterocycles. The molecule has 3 rings (SSSR count). The van der Waals surface area contributed by atoms with Crippen LogP contribution >= 0.6 is 0 Å². The SMILES string of the molecule is Cc1ccc(N(c2cc[c]cc2)c2ccccc2)cc1. The Morgan fingerprint density at radius 2 is 1.20 bits per heavy atom. The van der Waals surface area contributed by atoms with E-state index in [2.05, 4.69) is 78.6 Å². The van der Waals surface area contributed by atoms with E-state index >= 15 is 0 Å². The van der Waals surface area contributed by atoms with Crippen LogP contribution in [0.25, 0.3) is 0 Å². The molecule has 0 N–H and O–H groups in total. The van der Waals surface area contributed by atoms with Gasteiger partial charge in [-0.3, -0.25) is 0 Å². The molecule has 0 unspecified atom stereocenters. The maximum Gasteiger partial charge on any atom is 0.0462 e. The van der Waals surface area contributed by atoms with Crippen LogP contribution in [-0.4, -0.2) is 0 Å². The zero-order valence-corrected chi connectivity index (χ0v) is 11.5. The summed E-state index contributed by atoms with van der Waals surface area (Å²) in [6.45, 7) is 2.11. The molecular weight excluding hydrogens is 242 g/mol. The van der Waals surface area contributed by atoms with Gasteiger partial charge in [0.1, 0.15) is 0 Å². The van der Waals surface area contributed by atoms with Crippen LogP contribution in [0.1, 0.15) is 5.56 Å². The molecule has 0 spiro atoms. The predicted molar refractivity (Wildman–Crippen MR) is 84.7 cm³/mol. The normalized spacial score (nSPS) is 10.2. The van der Waals surface area contributed by atoms with Gasteiger partial charge in [0.2, 0.25) is 0 Å². The second-order valence-electron chi connectivity index (χ2n) is 4.76. The van der Waals surface area contributed by atoms with Crippen molar-refractivity contribution in [3.05, 3.63) is 90.5 Å². The van der Waals surface area contributed by atoms with Crippen LogP contribution in [0.3, 0.4) is 0 Å². The quantitative estimate of drug-likeness (QED) is 0.619. The van der Waals surface area contributed by atoms with E-state index in [0.717, 1.165) is 17.1 Å². The standard InChI is InChI=1S/C19H16N/c1-16-12-14-19(15-13-16)20(17-8-4-2-5-9-17)18-10-6-3-7-11-18/h2,4-15H,1H3. The first-order valence-corrected chi connectivity index (χ1v) is 6.72. The molecule has 3 aromatic carbocycles. The summed E-state index contributed by atoms with van der Waals surface area (Å²) in [6.07, 6.45) is 0. The van der Waals surface area contributed by atoms with Gasteiger partial charge in [0.25, 0.3) is 0 Å². The Labute approximate surface area is 120 Å². The van der Waals surface area contributed by atoms with Crippen molar-refractivity contribution in [3.63, 3.8) is 0 Å². The molecular formula is C19H16N. The molecule has 0 aliphatic rings. The largest absolute Gasteiger partial charge is 0.311 e. The predicted octanol–water partition coefficient (Wildman–Crippen LogP) is 5.27. The van der Waals surface area contributed by atoms with Crippen LogP contribution in [0.15, 0.2) is 78.9 Å². The Balaban J connectivity index is 2.11. The molecule has 3 aromatic rings. The number of nitrogens with zero attached hydrogens (tertiary/aromatic N) is 1. The first kappa shape index (κ1) is 12.5. The molecule has 20 heavy (non-hydrogen) atoms. The van der Waals surface area contributed by atoms with Crippen molar-refractivity contribution >= 4 is 17.1 Å². The fourth-order valence-corrected chi connectivity index (χ4v) is 2.25. The number of hydrogen-bond acceptors (Lipinski definition) is 1. The zero-order valence-electron chi connectivity index (χ0n) is 11.5. The topological polar surface area (TPSA) is 3.24 Å². The number of benzene rings is 3. The van der Waals surface area contributed by atoms with Gasteiger partial charge in [-0.05, 0) is 49.4 Å². The fraction of sp³-hybridized carbons (Fsp3) is 0.0526. The average molecular weight is 258 g/mol. The van der Waals surface area contributed by atoms with Gasteiger partial charge in [0.05, 0.1) is 0 Å². The van der Waals surface area contributed by atoms with E-state index in [0.29, 0.717) is 0 Å². The van der Waals surface area contributed by atoms with Crippen LogP contribution < -0.4 is 4.90 Å². The number of rotatable bonds is 3. The number of aryl methyl sites for hydroxylation is 1. The first-order chi connectivity index (χ1) is 9.84. The maximum atomic E-state index is 3.07. The average Bonchev–Trinajstić information content (AvgIpc) is 2.52. The van der Waals surface area contributed by atoms with Gasteiger partial charge < -0.3 is 4.90 Å². The summed E-state index contributed by atoms with van der Waals surface area (Å²) >= 11 is 0. The second kappa shape index (κ2) is 5.62. The summed E-state index contributed by atoms with van der Waals surface area (Å²) < 4.78 is 0. The molecule has 97 valence electrons. The summed E-state index contributed by atoms with van der Waals surface area (Å²) in [5, 5.41) is 0. The van der Waals surface area contributed by atoms with Gasteiger partial charge in [-0.15, -0.1) is 0 Å². The monoisotopic (exact) mass is 258 g/mol. The van der Waals surface area contributed by atoms with Gasteiger partial charge in [-0.1, -0.05) is 48.0 Å². The summed E-state index contributed by atoms with van der Waals surface area (Å²) in [4.78, 5) is 2.24. The third kappa shape index (κ3) is 2.57. The number of para-hydroxylation sites is 1. The van der Waals surface area contributed by atoms with E-state index in [1.54, 1.807) is 0 Å². The number of hydrogen-bond donors (Lipinski definition) is 0. The Hall–Kier alpha value is -2.54. The van der Waals surface area contributed by atoms with Crippen molar-refractivity contribution in [3.8, 4) is 0 Å². The molecule has 0 aromatic heterocycles. The Morgan fingerprint density at radius 1 is 0.650 bits per heavy atom. The molecule has 0 bridgehead atoms. The third-order valence-electron chi connectivity index (χ3n) is 3.27. The molecule has 0 saturated heterocycles. The van der Waals surface area contributed by atoms with Crippen molar-refractivity contribution in [2.24, 2.45) is 0 Å². The fourth-order valence-electron chi connectivity index (χ4n) is 2.25. The van der Waals surface area contributed by atoms with Crippen LogP contribution in [0.2, 0.25) is 0 Å². The highest BCUT2D eigenvalue weighted by atomic mass is 15.1. The molecule has 1 nitrogen and oxygen atoms in total. The lowest BCUT2D eigenvalue weighted by atomic mass is 10.1. The molecule has 0 amide bonds. The summed E-state index contributed by atoms with van der Waals surface area (Å²) in [5.41, 5.74) is 4.72. The summed E-state index contributed by atoms with van der Waals surface area (Å²) in [5.74, 6) is 0. The van der Waals surface area contributed by atoms with E-state index in [1.807, 2.05) is 18.2 Å². The maximum absolute atomic E-state index is 3.07. The molecule has 1 heteroatoms. The van der Waals surface area contributed by atoms with Crippen molar-refractivity contribution in [2.45, 2.75) is 6.92 Å². The first-order valence-electron chi connectivity index (χ1n) is 6.72. The van der Waals surface area contributed by atoms with Crippen molar-refractivity contribution in [1.82, 2.24) is 0 Å². The van der Waals surface area contributed by atoms with Gasteiger partial charge in [-0.2, -0.15) is 0 Å². The summed E-state index contributed by atoms with van der Waals surface area (Å²) in [6, 6.07) is 30.1. The van der Waals surface area contributed by atoms with Crippen molar-refractivity contribution in [1.29, 1.82) is 0 Å². The van der Waals surface area contributed by atoms with Gasteiger partial charge in [-0.25, -0.2) is 0 Å². The molecule has 0 heterocycles. The molecule has 0 fully saturated rings. The molecule has 0 saturated carbocycles. The minimum Gasteiger partial charge on any atom is -0.311 e. The van der Waals surface area contributed by atoms with Crippen molar-refractivity contribution < 1.29 is 0 Å². The smallest absolute Gasteiger partial charge is 0.0462 e. The number of anilines is 3. The highest BCUT2D eigenvalue weighted by Crippen LogP contribution is 2.33. The second-order valence-corrected chi connectivity index (χ2v) is 4.76. The van der Waals surface area contributed by atoms with E-state index in [9.17, 15) is 0 Å². The van der Waals surface area contributed by atoms with Crippen LogP contribution in [-0.2, 0) is 0 Å². The van der Waals surface area contributed by atoms with Crippen LogP contribution in [0.5, 0.6) is 0 Å². The zero-order chi connectivity index (χ0) is 13.8. The minimum absolute atomic E-state index is 1.14. The van der Waals surface area contributed by atoms with Gasteiger partial charge in [0.15, 0.2) is 0 Å². The van der Waals surface area contributed by atoms with Gasteiger partial charge >= 0.3 is 0 Å². The molecule has 1 radical (unpaired) electrons. The van der Waals surface area contributed by atoms with Crippen LogP contribution in [0.4, 0.5) is 17.1 Å². The lowest BCUT2D eigenvalue weighted by Gasteiger charge is -2.25. The lowest BCUT2D eigenvalue weighted by molar-refractivity contribution is 1.27. The third-order valence-corrected chi connectivity index (χ3v) is 3.27. The van der Waals surface area contributed by atoms with Crippen LogP contribution in [0, 0.1) is 13.0 Å². The highest BCUT2D eigenvalue weighted by molar-refractivity contribution is 5.76. The van der Waals surface area contributed by atoms with Crippen molar-refractivity contribution in [2.75, 3.05) is 4.90 Å². The molecule has 0 aliphatic carbocycles. The minimum atomic E-state index is 1.14. The Morgan fingerprint density at radius 3 is 1.85 bits per heavy atom. The Bertz CT molecular complexity index is 618. The van der Waals surface area contributed by atoms with E-state index in [1.165, 1.54) is 5.56 Å². The Kier molecular flexibility index (Phi) is 3.51. The molecule has 0 atom stereocenters. The van der Waals surface area contributed by atoms with E-state index in [-0.39, 0.29) is 0 Å². The van der Waals surface area contributed by atoms with E-state index in [4.69, 9.17) is 0 Å². The van der Waals surface area contributed by atoms with E-state index < -0.39 is 0 Å². The lowest BCUT2D eigenvalue weighted by Crippen LogP contribution is -2.09. The highest BCUT2D eigenvalue weighted by Gasteiger charge is 2.10. The van der Waals surface area contributed by atoms with Gasteiger partial charge in [0, 0.05) is 17.1 Å².